The van der Waals surface area contributed by atoms with Crippen molar-refractivity contribution in [3.63, 3.8) is 0 Å². The van der Waals surface area contributed by atoms with Gasteiger partial charge in [-0.3, -0.25) is 0 Å². The molecule has 1 aromatic carbocycles. The Kier molecular flexibility index (Phi) is 5.44. The Morgan fingerprint density at radius 3 is 2.54 bits per heavy atom. The van der Waals surface area contributed by atoms with Gasteiger partial charge in [-0.1, -0.05) is 17.7 Å². The highest BCUT2D eigenvalue weighted by atomic mass is 35.5. The second-order valence-electron chi connectivity index (χ2n) is 7.01. The molecule has 0 aliphatic heterocycles. The number of sulfone groups is 1. The molecule has 2 aromatic heterocycles. The minimum Gasteiger partial charge on any atom is -0.496 e. The molecule has 0 bridgehead atoms. The molecule has 0 fully saturated rings. The maximum absolute atomic E-state index is 12.8. The van der Waals surface area contributed by atoms with E-state index in [1.165, 1.54) is 19.2 Å². The molecule has 28 heavy (non-hydrogen) atoms. The van der Waals surface area contributed by atoms with E-state index in [1.807, 2.05) is 0 Å². The maximum atomic E-state index is 12.8. The van der Waals surface area contributed by atoms with Gasteiger partial charge in [-0.05, 0) is 45.0 Å². The summed E-state index contributed by atoms with van der Waals surface area (Å²) < 4.78 is 38.0. The van der Waals surface area contributed by atoms with Crippen LogP contribution in [0.4, 0.5) is 4.79 Å². The number of nitrogens with zero attached hydrogens (tertiary/aromatic N) is 2. The zero-order chi connectivity index (χ0) is 20.7. The molecule has 0 saturated heterocycles. The van der Waals surface area contributed by atoms with E-state index in [4.69, 9.17) is 21.1 Å². The van der Waals surface area contributed by atoms with E-state index >= 15 is 0 Å². The molecule has 3 aromatic rings. The molecule has 0 saturated carbocycles. The molecular formula is C18H19ClN2O5S2. The van der Waals surface area contributed by atoms with Crippen LogP contribution < -0.4 is 4.74 Å². The number of carbonyl (C=O) groups is 1. The number of hydrogen-bond donors (Lipinski definition) is 0. The van der Waals surface area contributed by atoms with Crippen molar-refractivity contribution in [2.24, 2.45) is 0 Å². The fourth-order valence-electron chi connectivity index (χ4n) is 2.64. The number of carbonyl (C=O) groups excluding carboxylic acids is 1. The molecule has 0 atom stereocenters. The number of methoxy groups -OCH3 is 1. The topological polar surface area (TPSA) is 87.5 Å². The standard InChI is InChI=1S/C18H19ClN2O5S2/c1-18(2,3)26-17(22)21-12-6-5-7-13(25-4)16(12)11(20-21)10-28(23,24)15-9-8-14(19)27-15/h5-9H,10H2,1-4H3. The number of rotatable bonds is 4. The number of benzene rings is 1. The van der Waals surface area contributed by atoms with Gasteiger partial charge in [0.2, 0.25) is 0 Å². The summed E-state index contributed by atoms with van der Waals surface area (Å²) in [5.74, 6) is 0.0120. The van der Waals surface area contributed by atoms with Crippen molar-refractivity contribution in [1.82, 2.24) is 9.78 Å². The number of hydrogen-bond acceptors (Lipinski definition) is 7. The molecule has 0 aliphatic carbocycles. The van der Waals surface area contributed by atoms with Crippen LogP contribution in [0.5, 0.6) is 5.75 Å². The molecule has 0 amide bonds. The second kappa shape index (κ2) is 7.38. The number of aromatic nitrogens is 2. The fourth-order valence-corrected chi connectivity index (χ4v) is 5.49. The van der Waals surface area contributed by atoms with Crippen molar-refractivity contribution in [2.75, 3.05) is 7.11 Å². The summed E-state index contributed by atoms with van der Waals surface area (Å²) >= 11 is 6.84. The van der Waals surface area contributed by atoms with Crippen LogP contribution in [0.1, 0.15) is 26.5 Å². The smallest absolute Gasteiger partial charge is 0.435 e. The molecule has 0 unspecified atom stereocenters. The lowest BCUT2D eigenvalue weighted by Gasteiger charge is -2.19. The number of halogens is 1. The Labute approximate surface area is 171 Å². The highest BCUT2D eigenvalue weighted by Gasteiger charge is 2.27. The van der Waals surface area contributed by atoms with Crippen LogP contribution in [0.15, 0.2) is 34.5 Å². The lowest BCUT2D eigenvalue weighted by Crippen LogP contribution is -2.27. The van der Waals surface area contributed by atoms with Gasteiger partial charge in [0, 0.05) is 0 Å². The van der Waals surface area contributed by atoms with Gasteiger partial charge in [0.05, 0.1) is 28.0 Å². The zero-order valence-corrected chi connectivity index (χ0v) is 18.1. The molecular weight excluding hydrogens is 424 g/mol. The van der Waals surface area contributed by atoms with Gasteiger partial charge in [-0.2, -0.15) is 9.78 Å². The van der Waals surface area contributed by atoms with Crippen molar-refractivity contribution in [3.05, 3.63) is 40.4 Å². The third-order valence-corrected chi connectivity index (χ3v) is 7.15. The third-order valence-electron chi connectivity index (χ3n) is 3.71. The van der Waals surface area contributed by atoms with Crippen LogP contribution in [0, 0.1) is 0 Å². The summed E-state index contributed by atoms with van der Waals surface area (Å²) in [6.07, 6.45) is -0.700. The van der Waals surface area contributed by atoms with Gasteiger partial charge < -0.3 is 9.47 Å². The van der Waals surface area contributed by atoms with Crippen LogP contribution in [0.3, 0.4) is 0 Å². The van der Waals surface area contributed by atoms with E-state index in [0.717, 1.165) is 16.0 Å². The van der Waals surface area contributed by atoms with Crippen LogP contribution in [-0.2, 0) is 20.3 Å². The maximum Gasteiger partial charge on any atom is 0.435 e. The first-order chi connectivity index (χ1) is 13.0. The Hall–Kier alpha value is -2.10. The number of thiophene rings is 1. The molecule has 3 rings (SSSR count). The van der Waals surface area contributed by atoms with Crippen LogP contribution in [-0.4, -0.2) is 37.0 Å². The summed E-state index contributed by atoms with van der Waals surface area (Å²) in [4.78, 5) is 12.6. The van der Waals surface area contributed by atoms with Gasteiger partial charge in [0.1, 0.15) is 21.3 Å². The molecule has 0 N–H and O–H groups in total. The molecule has 2 heterocycles. The first-order valence-electron chi connectivity index (χ1n) is 8.28. The van der Waals surface area contributed by atoms with E-state index in [1.54, 1.807) is 39.0 Å². The van der Waals surface area contributed by atoms with Gasteiger partial charge >= 0.3 is 6.09 Å². The Bertz CT molecular complexity index is 1140. The molecule has 0 spiro atoms. The zero-order valence-electron chi connectivity index (χ0n) is 15.7. The van der Waals surface area contributed by atoms with Gasteiger partial charge in [0.15, 0.2) is 9.84 Å². The Morgan fingerprint density at radius 2 is 1.96 bits per heavy atom. The highest BCUT2D eigenvalue weighted by molar-refractivity contribution is 7.92. The van der Waals surface area contributed by atoms with E-state index in [9.17, 15) is 13.2 Å². The molecule has 10 heteroatoms. The van der Waals surface area contributed by atoms with Crippen molar-refractivity contribution in [1.29, 1.82) is 0 Å². The largest absolute Gasteiger partial charge is 0.496 e. The molecule has 150 valence electrons. The lowest BCUT2D eigenvalue weighted by molar-refractivity contribution is 0.0522. The minimum atomic E-state index is -3.71. The van der Waals surface area contributed by atoms with Crippen LogP contribution in [0.2, 0.25) is 4.34 Å². The first kappa shape index (κ1) is 20.6. The average Bonchev–Trinajstić information content (AvgIpc) is 3.17. The Balaban J connectivity index is 2.13. The second-order valence-corrected chi connectivity index (χ2v) is 10.9. The normalized spacial score (nSPS) is 12.3. The van der Waals surface area contributed by atoms with Crippen LogP contribution in [0.25, 0.3) is 10.9 Å². The van der Waals surface area contributed by atoms with E-state index in [-0.39, 0.29) is 9.90 Å². The van der Waals surface area contributed by atoms with Gasteiger partial charge in [0.25, 0.3) is 0 Å². The predicted octanol–water partition coefficient (Wildman–Crippen LogP) is 4.52. The number of fused-ring (bicyclic) bond motifs is 1. The SMILES string of the molecule is COc1cccc2c1c(CS(=O)(=O)c1ccc(Cl)s1)nn2C(=O)OC(C)(C)C. The first-order valence-corrected chi connectivity index (χ1v) is 11.1. The molecule has 7 nitrogen and oxygen atoms in total. The summed E-state index contributed by atoms with van der Waals surface area (Å²) in [7, 11) is -2.24. The van der Waals surface area contributed by atoms with Crippen LogP contribution >= 0.6 is 22.9 Å². The molecule has 0 radical (unpaired) electrons. The molecule has 0 aliphatic rings. The summed E-state index contributed by atoms with van der Waals surface area (Å²) in [5, 5.41) is 4.70. The minimum absolute atomic E-state index is 0.132. The van der Waals surface area contributed by atoms with Crippen molar-refractivity contribution in [2.45, 2.75) is 36.3 Å². The summed E-state index contributed by atoms with van der Waals surface area (Å²) in [5.41, 5.74) is -0.125. The van der Waals surface area contributed by atoms with Gasteiger partial charge in [-0.15, -0.1) is 11.3 Å². The summed E-state index contributed by atoms with van der Waals surface area (Å²) in [6, 6.07) is 8.01. The van der Waals surface area contributed by atoms with E-state index < -0.39 is 27.3 Å². The predicted molar refractivity (Wildman–Crippen MR) is 108 cm³/mol. The summed E-state index contributed by atoms with van der Waals surface area (Å²) in [6.45, 7) is 5.22. The van der Waals surface area contributed by atoms with Crippen molar-refractivity contribution >= 4 is 49.8 Å². The number of ether oxygens (including phenoxy) is 2. The third kappa shape index (κ3) is 4.16. The van der Waals surface area contributed by atoms with Crippen molar-refractivity contribution < 1.29 is 22.7 Å². The highest BCUT2D eigenvalue weighted by Crippen LogP contribution is 2.33. The fraction of sp³-hybridized carbons (Fsp3) is 0.333. The van der Waals surface area contributed by atoms with E-state index in [0.29, 0.717) is 21.0 Å². The monoisotopic (exact) mass is 442 g/mol. The quantitative estimate of drug-likeness (QED) is 0.590. The van der Waals surface area contributed by atoms with Gasteiger partial charge in [-0.25, -0.2) is 13.2 Å². The lowest BCUT2D eigenvalue weighted by atomic mass is 10.2. The Morgan fingerprint density at radius 1 is 1.25 bits per heavy atom. The average molecular weight is 443 g/mol. The van der Waals surface area contributed by atoms with Crippen molar-refractivity contribution in [3.8, 4) is 5.75 Å². The van der Waals surface area contributed by atoms with E-state index in [2.05, 4.69) is 5.10 Å².